The van der Waals surface area contributed by atoms with Gasteiger partial charge in [0.2, 0.25) is 0 Å². The van der Waals surface area contributed by atoms with Gasteiger partial charge in [-0.1, -0.05) is 18.2 Å². The van der Waals surface area contributed by atoms with Crippen molar-refractivity contribution < 1.29 is 18.4 Å². The number of methoxy groups -OCH3 is 1. The number of hydrogen-bond acceptors (Lipinski definition) is 8. The van der Waals surface area contributed by atoms with E-state index in [4.69, 9.17) is 24.2 Å². The number of hydrogen-bond donors (Lipinski definition) is 2. The van der Waals surface area contributed by atoms with Crippen LogP contribution in [0.5, 0.6) is 23.0 Å². The normalized spacial score (nSPS) is 10.4. The van der Waals surface area contributed by atoms with Crippen LogP contribution in [0.4, 0.5) is 0 Å². The number of nitrogens with one attached hydrogen (secondary N) is 1. The van der Waals surface area contributed by atoms with Crippen molar-refractivity contribution in [3.63, 3.8) is 0 Å². The van der Waals surface area contributed by atoms with E-state index in [1.54, 1.807) is 14.2 Å². The van der Waals surface area contributed by atoms with E-state index < -0.39 is 0 Å². The van der Waals surface area contributed by atoms with Crippen LogP contribution in [-0.4, -0.2) is 44.9 Å². The Morgan fingerprint density at radius 3 is 2.38 bits per heavy atom. The maximum absolute atomic E-state index is 5.80. The Morgan fingerprint density at radius 1 is 1.00 bits per heavy atom. The molecule has 0 amide bonds. The Kier molecular flexibility index (Phi) is 12.4. The summed E-state index contributed by atoms with van der Waals surface area (Å²) in [5, 5.41) is 3.38. The highest BCUT2D eigenvalue weighted by Crippen LogP contribution is 2.31. The van der Waals surface area contributed by atoms with Crippen LogP contribution in [-0.2, 0) is 6.42 Å². The molecule has 0 atom stereocenters. The lowest BCUT2D eigenvalue weighted by Gasteiger charge is -2.13. The SMILES string of the molecule is CCOc1ccccc1OCCNCCc1ccc(OC)c(OSN(C)N)c1.S. The predicted molar refractivity (Wildman–Crippen MR) is 123 cm³/mol. The third kappa shape index (κ3) is 9.05. The first-order valence-corrected chi connectivity index (χ1v) is 9.89. The van der Waals surface area contributed by atoms with Crippen LogP contribution in [0.2, 0.25) is 0 Å². The van der Waals surface area contributed by atoms with E-state index in [1.165, 1.54) is 4.41 Å². The van der Waals surface area contributed by atoms with Gasteiger partial charge in [0.05, 0.1) is 13.7 Å². The second kappa shape index (κ2) is 14.2. The van der Waals surface area contributed by atoms with Crippen molar-refractivity contribution >= 4 is 25.7 Å². The van der Waals surface area contributed by atoms with Gasteiger partial charge >= 0.3 is 0 Å². The Hall–Kier alpha value is -1.78. The first-order chi connectivity index (χ1) is 13.6. The van der Waals surface area contributed by atoms with Crippen LogP contribution in [0.1, 0.15) is 12.5 Å². The van der Waals surface area contributed by atoms with Crippen LogP contribution >= 0.6 is 25.7 Å². The van der Waals surface area contributed by atoms with Gasteiger partial charge in [0.15, 0.2) is 35.2 Å². The molecule has 0 radical (unpaired) electrons. The van der Waals surface area contributed by atoms with Gasteiger partial charge in [-0.25, -0.2) is 0 Å². The zero-order chi connectivity index (χ0) is 20.2. The summed E-state index contributed by atoms with van der Waals surface area (Å²) in [6.07, 6.45) is 0.860. The van der Waals surface area contributed by atoms with E-state index in [9.17, 15) is 0 Å². The van der Waals surface area contributed by atoms with E-state index in [2.05, 4.69) is 5.32 Å². The van der Waals surface area contributed by atoms with Crippen LogP contribution in [0.25, 0.3) is 0 Å². The Bertz CT molecular complexity index is 720. The molecule has 162 valence electrons. The van der Waals surface area contributed by atoms with Crippen molar-refractivity contribution in [2.75, 3.05) is 40.5 Å². The summed E-state index contributed by atoms with van der Waals surface area (Å²) in [7, 11) is 3.32. The monoisotopic (exact) mass is 441 g/mol. The molecule has 0 aliphatic heterocycles. The molecule has 9 heteroatoms. The summed E-state index contributed by atoms with van der Waals surface area (Å²) in [4.78, 5) is 0. The number of benzene rings is 2. The quantitative estimate of drug-likeness (QED) is 0.161. The highest BCUT2D eigenvalue weighted by molar-refractivity contribution is 7.92. The van der Waals surface area contributed by atoms with E-state index in [0.29, 0.717) is 24.7 Å². The van der Waals surface area contributed by atoms with Crippen molar-refractivity contribution in [3.05, 3.63) is 48.0 Å². The highest BCUT2D eigenvalue weighted by atomic mass is 32.2. The molecule has 0 heterocycles. The highest BCUT2D eigenvalue weighted by Gasteiger charge is 2.08. The maximum atomic E-state index is 5.80. The summed E-state index contributed by atoms with van der Waals surface area (Å²) >= 11 is 1.05. The van der Waals surface area contributed by atoms with Crippen LogP contribution in [0.15, 0.2) is 42.5 Å². The third-order valence-corrected chi connectivity index (χ3v) is 4.24. The summed E-state index contributed by atoms with van der Waals surface area (Å²) < 4.78 is 23.7. The lowest BCUT2D eigenvalue weighted by atomic mass is 10.1. The Morgan fingerprint density at radius 2 is 1.72 bits per heavy atom. The smallest absolute Gasteiger partial charge is 0.181 e. The van der Waals surface area contributed by atoms with Crippen molar-refractivity contribution in [3.8, 4) is 23.0 Å². The minimum absolute atomic E-state index is 0. The van der Waals surface area contributed by atoms with Gasteiger partial charge in [-0.15, -0.1) is 0 Å². The zero-order valence-electron chi connectivity index (χ0n) is 17.1. The van der Waals surface area contributed by atoms with Crippen LogP contribution in [0.3, 0.4) is 0 Å². The van der Waals surface area contributed by atoms with Crippen molar-refractivity contribution in [2.24, 2.45) is 5.84 Å². The molecule has 2 aromatic rings. The molecule has 2 aromatic carbocycles. The van der Waals surface area contributed by atoms with Gasteiger partial charge < -0.3 is 23.7 Å². The van der Waals surface area contributed by atoms with E-state index in [1.807, 2.05) is 49.4 Å². The first kappa shape index (κ1) is 25.3. The topological polar surface area (TPSA) is 78.2 Å². The summed E-state index contributed by atoms with van der Waals surface area (Å²) in [5.74, 6) is 8.43. The fourth-order valence-corrected chi connectivity index (χ4v) is 2.80. The number of nitrogens with zero attached hydrogens (tertiary/aromatic N) is 1. The van der Waals surface area contributed by atoms with Crippen LogP contribution in [0, 0.1) is 0 Å². The second-order valence-corrected chi connectivity index (χ2v) is 6.81. The van der Waals surface area contributed by atoms with E-state index in [-0.39, 0.29) is 13.5 Å². The molecule has 0 fully saturated rings. The molecule has 0 spiro atoms. The van der Waals surface area contributed by atoms with Gasteiger partial charge in [-0.2, -0.15) is 17.9 Å². The van der Waals surface area contributed by atoms with Crippen molar-refractivity contribution in [1.82, 2.24) is 9.73 Å². The largest absolute Gasteiger partial charge is 0.493 e. The molecule has 0 aromatic heterocycles. The Labute approximate surface area is 184 Å². The van der Waals surface area contributed by atoms with E-state index in [0.717, 1.165) is 48.8 Å². The molecule has 0 saturated heterocycles. The fourth-order valence-electron chi connectivity index (χ4n) is 2.48. The standard InChI is InChI=1S/C20H29N3O4S.H2S/c1-4-25-18-7-5-6-8-19(18)26-14-13-22-12-11-16-9-10-17(24-3)20(15-16)27-28-23(2)21;/h5-10,15,22H,4,11-14,21H2,1-3H3;1H2. The first-order valence-electron chi connectivity index (χ1n) is 9.19. The number of hydrazine groups is 1. The molecule has 29 heavy (non-hydrogen) atoms. The Balaban J connectivity index is 0.00000420. The molecule has 2 rings (SSSR count). The van der Waals surface area contributed by atoms with Crippen molar-refractivity contribution in [2.45, 2.75) is 13.3 Å². The number of ether oxygens (including phenoxy) is 3. The third-order valence-electron chi connectivity index (χ3n) is 3.75. The second-order valence-electron chi connectivity index (χ2n) is 5.92. The van der Waals surface area contributed by atoms with Crippen LogP contribution < -0.4 is 29.6 Å². The lowest BCUT2D eigenvalue weighted by molar-refractivity contribution is 0.276. The molecule has 7 nitrogen and oxygen atoms in total. The minimum atomic E-state index is 0. The van der Waals surface area contributed by atoms with Gasteiger partial charge in [0, 0.05) is 13.6 Å². The molecule has 3 N–H and O–H groups in total. The van der Waals surface area contributed by atoms with Crippen molar-refractivity contribution in [1.29, 1.82) is 0 Å². The molecular weight excluding hydrogens is 410 g/mol. The molecule has 0 aliphatic rings. The molecule has 0 saturated carbocycles. The van der Waals surface area contributed by atoms with Gasteiger partial charge in [0.1, 0.15) is 6.61 Å². The average molecular weight is 442 g/mol. The molecule has 0 unspecified atom stereocenters. The van der Waals surface area contributed by atoms with E-state index >= 15 is 0 Å². The van der Waals surface area contributed by atoms with Gasteiger partial charge in [-0.05, 0) is 49.7 Å². The molecular formula is C20H31N3O4S2. The average Bonchev–Trinajstić information content (AvgIpc) is 2.70. The molecule has 0 bridgehead atoms. The number of para-hydroxylation sites is 2. The number of nitrogens with two attached hydrogens (primary N) is 1. The fraction of sp³-hybridized carbons (Fsp3) is 0.400. The minimum Gasteiger partial charge on any atom is -0.493 e. The zero-order valence-corrected chi connectivity index (χ0v) is 19.0. The predicted octanol–water partition coefficient (Wildman–Crippen LogP) is 3.17. The summed E-state index contributed by atoms with van der Waals surface area (Å²) in [5.41, 5.74) is 1.14. The number of rotatable bonds is 13. The van der Waals surface area contributed by atoms with Gasteiger partial charge in [0.25, 0.3) is 0 Å². The van der Waals surface area contributed by atoms with Gasteiger partial charge in [-0.3, -0.25) is 5.84 Å². The molecule has 0 aliphatic carbocycles. The summed E-state index contributed by atoms with van der Waals surface area (Å²) in [6.45, 7) is 4.72. The maximum Gasteiger partial charge on any atom is 0.181 e. The summed E-state index contributed by atoms with van der Waals surface area (Å²) in [6, 6.07) is 13.6. The lowest BCUT2D eigenvalue weighted by Crippen LogP contribution is -2.23.